The number of carbonyl (C=O) groups is 8. The van der Waals surface area contributed by atoms with Gasteiger partial charge in [-0.25, -0.2) is 4.79 Å². The number of amides is 6. The van der Waals surface area contributed by atoms with E-state index in [0.29, 0.717) is 6.42 Å². The molecule has 0 unspecified atom stereocenters. The quantitative estimate of drug-likeness (QED) is 0.0391. The molecular formula is C23H38N10O10. The lowest BCUT2D eigenvalue weighted by atomic mass is 10.1. The maximum Gasteiger partial charge on any atom is 0.326 e. The number of nitrogens with one attached hydrogen (secondary N) is 4. The number of primary amides is 1. The Morgan fingerprint density at radius 2 is 1.51 bits per heavy atom. The van der Waals surface area contributed by atoms with Crippen LogP contribution in [0, 0.1) is 0 Å². The molecule has 1 heterocycles. The number of hydrogen-bond acceptors (Lipinski definition) is 10. The Bertz CT molecular complexity index is 1110. The van der Waals surface area contributed by atoms with Crippen molar-refractivity contribution in [3.8, 4) is 0 Å². The molecule has 20 heteroatoms. The van der Waals surface area contributed by atoms with Gasteiger partial charge in [-0.1, -0.05) is 0 Å². The van der Waals surface area contributed by atoms with Gasteiger partial charge >= 0.3 is 11.9 Å². The number of nitrogens with zero attached hydrogens (tertiary/aromatic N) is 2. The second-order valence-electron chi connectivity index (χ2n) is 9.47. The monoisotopic (exact) mass is 614 g/mol. The fourth-order valence-electron chi connectivity index (χ4n) is 4.11. The van der Waals surface area contributed by atoms with E-state index in [1.165, 1.54) is 0 Å². The number of nitrogens with two attached hydrogens (primary N) is 4. The summed E-state index contributed by atoms with van der Waals surface area (Å²) in [6.07, 6.45) is -0.843. The van der Waals surface area contributed by atoms with Gasteiger partial charge in [-0.2, -0.15) is 0 Å². The Morgan fingerprint density at radius 3 is 2.07 bits per heavy atom. The zero-order chi connectivity index (χ0) is 32.7. The van der Waals surface area contributed by atoms with E-state index in [4.69, 9.17) is 22.9 Å². The Morgan fingerprint density at radius 1 is 0.860 bits per heavy atom. The predicted octanol–water partition coefficient (Wildman–Crippen LogP) is -6.01. The molecule has 0 bridgehead atoms. The number of hydrogen-bond donors (Lipinski definition) is 10. The summed E-state index contributed by atoms with van der Waals surface area (Å²) in [5.41, 5.74) is 20.9. The zero-order valence-electron chi connectivity index (χ0n) is 23.2. The van der Waals surface area contributed by atoms with Crippen molar-refractivity contribution in [1.29, 1.82) is 0 Å². The number of rotatable bonds is 18. The van der Waals surface area contributed by atoms with Crippen molar-refractivity contribution in [3.63, 3.8) is 0 Å². The molecule has 0 spiro atoms. The number of carboxylic acids is 2. The minimum Gasteiger partial charge on any atom is -0.481 e. The average Bonchev–Trinajstić information content (AvgIpc) is 3.42. The maximum atomic E-state index is 13.0. The molecule has 6 amide bonds. The lowest BCUT2D eigenvalue weighted by Gasteiger charge is -2.28. The van der Waals surface area contributed by atoms with Crippen molar-refractivity contribution in [2.75, 3.05) is 26.2 Å². The molecule has 43 heavy (non-hydrogen) atoms. The highest BCUT2D eigenvalue weighted by Gasteiger charge is 2.39. The lowest BCUT2D eigenvalue weighted by Crippen LogP contribution is -2.57. The Kier molecular flexibility index (Phi) is 14.8. The Hall–Kier alpha value is -5.01. The van der Waals surface area contributed by atoms with Crippen LogP contribution in [0.1, 0.15) is 38.5 Å². The molecule has 0 aromatic rings. The zero-order valence-corrected chi connectivity index (χ0v) is 23.2. The van der Waals surface area contributed by atoms with Gasteiger partial charge in [-0.3, -0.25) is 38.6 Å². The first kappa shape index (κ1) is 36.0. The van der Waals surface area contributed by atoms with Crippen LogP contribution in [0.4, 0.5) is 0 Å². The molecule has 1 fully saturated rings. The maximum absolute atomic E-state index is 13.0. The van der Waals surface area contributed by atoms with E-state index in [2.05, 4.69) is 26.3 Å². The topological polar surface area (TPSA) is 345 Å². The molecule has 1 aliphatic rings. The number of carbonyl (C=O) groups excluding carboxylic acids is 6. The molecular weight excluding hydrogens is 576 g/mol. The molecule has 20 nitrogen and oxygen atoms in total. The molecule has 0 aromatic carbocycles. The molecule has 0 radical (unpaired) electrons. The number of aliphatic imine (C=N–C) groups is 1. The number of likely N-dealkylation sites (tertiary alicyclic amines) is 1. The molecule has 240 valence electrons. The van der Waals surface area contributed by atoms with E-state index in [9.17, 15) is 48.6 Å². The molecule has 0 saturated carbocycles. The van der Waals surface area contributed by atoms with Gasteiger partial charge in [0.15, 0.2) is 5.96 Å². The van der Waals surface area contributed by atoms with Crippen LogP contribution in [0.2, 0.25) is 0 Å². The minimum absolute atomic E-state index is 0.0386. The third-order valence-corrected chi connectivity index (χ3v) is 6.08. The molecule has 1 rings (SSSR count). The summed E-state index contributed by atoms with van der Waals surface area (Å²) in [6, 6.07) is -5.73. The van der Waals surface area contributed by atoms with Gasteiger partial charge in [0.05, 0.1) is 25.9 Å². The molecule has 14 N–H and O–H groups in total. The van der Waals surface area contributed by atoms with Crippen LogP contribution < -0.4 is 44.2 Å². The fourth-order valence-corrected chi connectivity index (χ4v) is 4.11. The van der Waals surface area contributed by atoms with Gasteiger partial charge in [0, 0.05) is 13.1 Å². The third kappa shape index (κ3) is 13.0. The van der Waals surface area contributed by atoms with Gasteiger partial charge in [-0.05, 0) is 25.7 Å². The number of carboxylic acid groups (broad SMARTS) is 2. The van der Waals surface area contributed by atoms with Crippen LogP contribution in [0.15, 0.2) is 4.99 Å². The van der Waals surface area contributed by atoms with E-state index < -0.39 is 97.5 Å². The fraction of sp³-hybridized carbons (Fsp3) is 0.609. The van der Waals surface area contributed by atoms with E-state index in [1.807, 2.05) is 0 Å². The second-order valence-corrected chi connectivity index (χ2v) is 9.47. The van der Waals surface area contributed by atoms with E-state index in [-0.39, 0.29) is 38.3 Å². The average molecular weight is 615 g/mol. The van der Waals surface area contributed by atoms with Gasteiger partial charge in [-0.15, -0.1) is 0 Å². The van der Waals surface area contributed by atoms with E-state index in [1.54, 1.807) is 0 Å². The smallest absolute Gasteiger partial charge is 0.326 e. The van der Waals surface area contributed by atoms with Crippen molar-refractivity contribution >= 4 is 53.3 Å². The van der Waals surface area contributed by atoms with Crippen LogP contribution in [0.5, 0.6) is 0 Å². The summed E-state index contributed by atoms with van der Waals surface area (Å²) in [6.45, 7) is -0.983. The highest BCUT2D eigenvalue weighted by Crippen LogP contribution is 2.19. The van der Waals surface area contributed by atoms with Gasteiger partial charge in [0.2, 0.25) is 35.4 Å². The Labute approximate surface area is 245 Å². The first-order valence-electron chi connectivity index (χ1n) is 13.1. The largest absolute Gasteiger partial charge is 0.481 e. The van der Waals surface area contributed by atoms with Gasteiger partial charge < -0.3 is 59.3 Å². The van der Waals surface area contributed by atoms with Crippen LogP contribution in [-0.2, 0) is 38.4 Å². The normalized spacial score (nSPS) is 16.1. The summed E-state index contributed by atoms with van der Waals surface area (Å²) < 4.78 is 0. The SMILES string of the molecule is NCC(=O)N[C@@H](CCCN=C(N)N)C(=O)NCC(=O)N[C@H](CC(=O)O)C(=O)N[C@H](CC(N)=O)C(=O)N1CCC[C@H]1C(=O)O. The second kappa shape index (κ2) is 17.7. The van der Waals surface area contributed by atoms with Crippen molar-refractivity contribution in [3.05, 3.63) is 0 Å². The summed E-state index contributed by atoms with van der Waals surface area (Å²) in [5, 5.41) is 27.5. The predicted molar refractivity (Wildman–Crippen MR) is 146 cm³/mol. The van der Waals surface area contributed by atoms with Crippen molar-refractivity contribution in [1.82, 2.24) is 26.2 Å². The first-order chi connectivity index (χ1) is 20.2. The summed E-state index contributed by atoms with van der Waals surface area (Å²) in [7, 11) is 0. The first-order valence-corrected chi connectivity index (χ1v) is 13.1. The van der Waals surface area contributed by atoms with Crippen molar-refractivity contribution in [2.24, 2.45) is 27.9 Å². The molecule has 1 saturated heterocycles. The van der Waals surface area contributed by atoms with Crippen molar-refractivity contribution in [2.45, 2.75) is 62.7 Å². The van der Waals surface area contributed by atoms with Crippen LogP contribution in [-0.4, -0.2) is 119 Å². The minimum atomic E-state index is -1.77. The van der Waals surface area contributed by atoms with Gasteiger partial charge in [0.1, 0.15) is 24.2 Å². The van der Waals surface area contributed by atoms with Crippen LogP contribution in [0.25, 0.3) is 0 Å². The summed E-state index contributed by atoms with van der Waals surface area (Å²) in [4.78, 5) is 102. The molecule has 1 aliphatic heterocycles. The number of aliphatic carboxylic acids is 2. The highest BCUT2D eigenvalue weighted by molar-refractivity contribution is 5.97. The van der Waals surface area contributed by atoms with Crippen LogP contribution >= 0.6 is 0 Å². The lowest BCUT2D eigenvalue weighted by molar-refractivity contribution is -0.150. The third-order valence-electron chi connectivity index (χ3n) is 6.08. The summed E-state index contributed by atoms with van der Waals surface area (Å²) >= 11 is 0. The van der Waals surface area contributed by atoms with Gasteiger partial charge in [0.25, 0.3) is 0 Å². The molecule has 4 atom stereocenters. The highest BCUT2D eigenvalue weighted by atomic mass is 16.4. The Balaban J connectivity index is 2.92. The number of guanidine groups is 1. The summed E-state index contributed by atoms with van der Waals surface area (Å²) in [5.74, 6) is -8.56. The van der Waals surface area contributed by atoms with Crippen molar-refractivity contribution < 1.29 is 48.6 Å². The van der Waals surface area contributed by atoms with Crippen LogP contribution in [0.3, 0.4) is 0 Å². The van der Waals surface area contributed by atoms with E-state index in [0.717, 1.165) is 4.90 Å². The standard InChI is InChI=1S/C23H38N10O10/c24-9-16(35)30-11(3-1-5-28-23(26)27)19(39)29-10-17(36)31-12(8-18(37)38)20(40)32-13(7-15(25)34)21(41)33-6-2-4-14(33)22(42)43/h11-14H,1-10,24H2,(H2,25,34)(H,29,39)(H,30,35)(H,31,36)(H,32,40)(H,37,38)(H,42,43)(H4,26,27,28)/t11-,12+,13+,14-/m0/s1. The van der Waals surface area contributed by atoms with E-state index >= 15 is 0 Å². The molecule has 0 aromatic heterocycles. The molecule has 0 aliphatic carbocycles.